The second-order valence-electron chi connectivity index (χ2n) is 5.82. The van der Waals surface area contributed by atoms with Crippen molar-refractivity contribution in [2.75, 3.05) is 13.6 Å². The van der Waals surface area contributed by atoms with Crippen molar-refractivity contribution in [3.05, 3.63) is 65.6 Å². The molecular weight excluding hydrogens is 455 g/mol. The molecule has 8 heteroatoms. The zero-order chi connectivity index (χ0) is 18.2. The zero-order valence-electron chi connectivity index (χ0n) is 15.3. The molecule has 3 aromatic rings. The number of aryl methyl sites for hydroxylation is 1. The summed E-state index contributed by atoms with van der Waals surface area (Å²) in [6, 6.07) is 14.0. The smallest absolute Gasteiger partial charge is 0.276 e. The molecule has 142 valence electrons. The molecule has 0 fully saturated rings. The quantitative estimate of drug-likeness (QED) is 0.322. The number of pyridine rings is 1. The topological polar surface area (TPSA) is 88.2 Å². The predicted molar refractivity (Wildman–Crippen MR) is 116 cm³/mol. The molecule has 7 nitrogen and oxygen atoms in total. The van der Waals surface area contributed by atoms with Gasteiger partial charge in [0.05, 0.1) is 0 Å². The molecule has 0 aliphatic rings. The van der Waals surface area contributed by atoms with Crippen LogP contribution in [0, 0.1) is 6.92 Å². The van der Waals surface area contributed by atoms with E-state index >= 15 is 0 Å². The van der Waals surface area contributed by atoms with Crippen molar-refractivity contribution < 1.29 is 4.52 Å². The Morgan fingerprint density at radius 2 is 2.04 bits per heavy atom. The van der Waals surface area contributed by atoms with Gasteiger partial charge in [-0.2, -0.15) is 4.98 Å². The van der Waals surface area contributed by atoms with E-state index in [2.05, 4.69) is 61.9 Å². The average Bonchev–Trinajstić information content (AvgIpc) is 3.14. The average molecular weight is 478 g/mol. The maximum absolute atomic E-state index is 5.25. The fourth-order valence-electron chi connectivity index (χ4n) is 2.47. The first kappa shape index (κ1) is 20.8. The summed E-state index contributed by atoms with van der Waals surface area (Å²) in [7, 11) is 1.75. The number of hydrogen-bond donors (Lipinski definition) is 2. The number of nitrogens with one attached hydrogen (secondary N) is 2. The van der Waals surface area contributed by atoms with Gasteiger partial charge in [-0.15, -0.1) is 24.0 Å². The minimum atomic E-state index is 0. The molecule has 0 saturated carbocycles. The summed E-state index contributed by atoms with van der Waals surface area (Å²) < 4.78 is 5.25. The number of aliphatic imine (C=N–C) groups is 1. The summed E-state index contributed by atoms with van der Waals surface area (Å²) in [5.41, 5.74) is 3.13. The molecular formula is C19H23IN6O. The molecule has 0 spiro atoms. The van der Waals surface area contributed by atoms with Gasteiger partial charge < -0.3 is 15.2 Å². The maximum atomic E-state index is 5.25. The summed E-state index contributed by atoms with van der Waals surface area (Å²) in [5.74, 6) is 1.80. The largest absolute Gasteiger partial charge is 0.356 e. The Balaban J connectivity index is 0.00000261. The van der Waals surface area contributed by atoms with Crippen molar-refractivity contribution in [2.24, 2.45) is 4.99 Å². The molecule has 0 atom stereocenters. The number of halogens is 1. The Kier molecular flexibility index (Phi) is 8.18. The third kappa shape index (κ3) is 6.31. The van der Waals surface area contributed by atoms with Gasteiger partial charge in [0.2, 0.25) is 0 Å². The standard InChI is InChI=1S/C19H22N6O.HI/c1-14-6-5-7-15(12-14)13-23-19(20-2)22-11-9-17-24-18(26-25-17)16-8-3-4-10-21-16;/h3-8,10,12H,9,11,13H2,1-2H3,(H2,20,22,23);1H. The highest BCUT2D eigenvalue weighted by Gasteiger charge is 2.09. The van der Waals surface area contributed by atoms with E-state index in [1.165, 1.54) is 11.1 Å². The third-order valence-corrected chi connectivity index (χ3v) is 3.76. The second kappa shape index (κ2) is 10.6. The third-order valence-electron chi connectivity index (χ3n) is 3.76. The van der Waals surface area contributed by atoms with Crippen molar-refractivity contribution in [1.82, 2.24) is 25.8 Å². The molecule has 0 aliphatic heterocycles. The maximum Gasteiger partial charge on any atom is 0.276 e. The van der Waals surface area contributed by atoms with E-state index in [1.807, 2.05) is 18.2 Å². The molecule has 27 heavy (non-hydrogen) atoms. The first-order valence-electron chi connectivity index (χ1n) is 8.48. The SMILES string of the molecule is CN=C(NCCc1noc(-c2ccccn2)n1)NCc1cccc(C)c1.I. The summed E-state index contributed by atoms with van der Waals surface area (Å²) in [4.78, 5) is 12.8. The van der Waals surface area contributed by atoms with Gasteiger partial charge in [-0.25, -0.2) is 0 Å². The van der Waals surface area contributed by atoms with Crippen LogP contribution in [0.3, 0.4) is 0 Å². The number of benzene rings is 1. The molecule has 0 bridgehead atoms. The molecule has 3 rings (SSSR count). The normalized spacial score (nSPS) is 11.0. The van der Waals surface area contributed by atoms with Crippen LogP contribution in [0.4, 0.5) is 0 Å². The van der Waals surface area contributed by atoms with Crippen LogP contribution in [-0.2, 0) is 13.0 Å². The van der Waals surface area contributed by atoms with Gasteiger partial charge in [0.1, 0.15) is 5.69 Å². The van der Waals surface area contributed by atoms with E-state index in [-0.39, 0.29) is 24.0 Å². The van der Waals surface area contributed by atoms with Gasteiger partial charge in [-0.1, -0.05) is 41.1 Å². The fraction of sp³-hybridized carbons (Fsp3) is 0.263. The van der Waals surface area contributed by atoms with Crippen LogP contribution in [-0.4, -0.2) is 34.7 Å². The van der Waals surface area contributed by atoms with E-state index in [1.54, 1.807) is 13.2 Å². The van der Waals surface area contributed by atoms with Crippen molar-refractivity contribution >= 4 is 29.9 Å². The predicted octanol–water partition coefficient (Wildman–Crippen LogP) is 2.97. The van der Waals surface area contributed by atoms with E-state index < -0.39 is 0 Å². The van der Waals surface area contributed by atoms with E-state index in [9.17, 15) is 0 Å². The Hall–Kier alpha value is -2.49. The molecule has 0 unspecified atom stereocenters. The Bertz CT molecular complexity index is 865. The van der Waals surface area contributed by atoms with Crippen molar-refractivity contribution in [3.8, 4) is 11.6 Å². The van der Waals surface area contributed by atoms with E-state index in [0.717, 1.165) is 5.96 Å². The lowest BCUT2D eigenvalue weighted by molar-refractivity contribution is 0.421. The lowest BCUT2D eigenvalue weighted by Crippen LogP contribution is -2.37. The summed E-state index contributed by atoms with van der Waals surface area (Å²) in [5, 5.41) is 10.5. The van der Waals surface area contributed by atoms with Gasteiger partial charge in [0, 0.05) is 32.8 Å². The van der Waals surface area contributed by atoms with E-state index in [0.29, 0.717) is 36.9 Å². The Morgan fingerprint density at radius 3 is 2.78 bits per heavy atom. The highest BCUT2D eigenvalue weighted by atomic mass is 127. The lowest BCUT2D eigenvalue weighted by atomic mass is 10.1. The molecule has 0 amide bonds. The van der Waals surface area contributed by atoms with E-state index in [4.69, 9.17) is 4.52 Å². The van der Waals surface area contributed by atoms with Crippen LogP contribution in [0.1, 0.15) is 17.0 Å². The van der Waals surface area contributed by atoms with Crippen LogP contribution >= 0.6 is 24.0 Å². The highest BCUT2D eigenvalue weighted by Crippen LogP contribution is 2.13. The number of guanidine groups is 1. The summed E-state index contributed by atoms with van der Waals surface area (Å²) in [6.45, 7) is 3.45. The van der Waals surface area contributed by atoms with Crippen LogP contribution in [0.15, 0.2) is 58.2 Å². The Morgan fingerprint density at radius 1 is 1.15 bits per heavy atom. The highest BCUT2D eigenvalue weighted by molar-refractivity contribution is 14.0. The lowest BCUT2D eigenvalue weighted by Gasteiger charge is -2.11. The summed E-state index contributed by atoms with van der Waals surface area (Å²) >= 11 is 0. The fourth-order valence-corrected chi connectivity index (χ4v) is 2.47. The first-order chi connectivity index (χ1) is 12.7. The van der Waals surface area contributed by atoms with Gasteiger partial charge in [-0.3, -0.25) is 9.98 Å². The number of hydrogen-bond acceptors (Lipinski definition) is 5. The molecule has 0 aliphatic carbocycles. The number of aromatic nitrogens is 3. The van der Waals surface area contributed by atoms with Gasteiger partial charge in [-0.05, 0) is 24.6 Å². The van der Waals surface area contributed by atoms with Crippen LogP contribution < -0.4 is 10.6 Å². The zero-order valence-corrected chi connectivity index (χ0v) is 17.7. The summed E-state index contributed by atoms with van der Waals surface area (Å²) in [6.07, 6.45) is 2.33. The minimum absolute atomic E-state index is 0. The number of nitrogens with zero attached hydrogens (tertiary/aromatic N) is 4. The van der Waals surface area contributed by atoms with Crippen molar-refractivity contribution in [3.63, 3.8) is 0 Å². The van der Waals surface area contributed by atoms with Crippen molar-refractivity contribution in [1.29, 1.82) is 0 Å². The van der Waals surface area contributed by atoms with Crippen LogP contribution in [0.25, 0.3) is 11.6 Å². The molecule has 2 heterocycles. The molecule has 2 N–H and O–H groups in total. The molecule has 2 aromatic heterocycles. The first-order valence-corrected chi connectivity index (χ1v) is 8.48. The van der Waals surface area contributed by atoms with Crippen molar-refractivity contribution in [2.45, 2.75) is 19.9 Å². The Labute approximate surface area is 175 Å². The van der Waals surface area contributed by atoms with Gasteiger partial charge in [0.15, 0.2) is 11.8 Å². The van der Waals surface area contributed by atoms with Gasteiger partial charge >= 0.3 is 0 Å². The molecule has 0 radical (unpaired) electrons. The van der Waals surface area contributed by atoms with Crippen LogP contribution in [0.2, 0.25) is 0 Å². The number of rotatable bonds is 6. The van der Waals surface area contributed by atoms with Crippen LogP contribution in [0.5, 0.6) is 0 Å². The second-order valence-corrected chi connectivity index (χ2v) is 5.82. The molecule has 0 saturated heterocycles. The monoisotopic (exact) mass is 478 g/mol. The minimum Gasteiger partial charge on any atom is -0.356 e. The van der Waals surface area contributed by atoms with Gasteiger partial charge in [0.25, 0.3) is 5.89 Å². The molecule has 1 aromatic carbocycles.